The van der Waals surface area contributed by atoms with Crippen LogP contribution in [-0.2, 0) is 23.8 Å². The number of carbonyl (C=O) groups is 2. The molecular formula is C20H32O5. The minimum Gasteiger partial charge on any atom is -0.469 e. The van der Waals surface area contributed by atoms with Crippen LogP contribution in [0.2, 0.25) is 0 Å². The molecule has 0 aromatic carbocycles. The van der Waals surface area contributed by atoms with Crippen molar-refractivity contribution in [3.8, 4) is 0 Å². The second kappa shape index (κ2) is 7.75. The Balaban J connectivity index is 1.90. The summed E-state index contributed by atoms with van der Waals surface area (Å²) in [4.78, 5) is 25.5. The fraction of sp³-hybridized carbons (Fsp3) is 0.900. The molecule has 0 aromatic heterocycles. The van der Waals surface area contributed by atoms with Crippen LogP contribution in [0.15, 0.2) is 0 Å². The Labute approximate surface area is 150 Å². The number of carbonyl (C=O) groups excluding carboxylic acids is 2. The van der Waals surface area contributed by atoms with Crippen molar-refractivity contribution >= 4 is 11.8 Å². The van der Waals surface area contributed by atoms with E-state index in [1.54, 1.807) is 7.11 Å². The first-order valence-electron chi connectivity index (χ1n) is 9.75. The number of rotatable bonds is 6. The van der Waals surface area contributed by atoms with Crippen molar-refractivity contribution in [1.29, 1.82) is 0 Å². The summed E-state index contributed by atoms with van der Waals surface area (Å²) in [6.45, 7) is 0.878. The minimum absolute atomic E-state index is 0.0600. The van der Waals surface area contributed by atoms with Crippen LogP contribution < -0.4 is 0 Å². The molecule has 0 bridgehead atoms. The van der Waals surface area contributed by atoms with Gasteiger partial charge in [0.2, 0.25) is 0 Å². The molecule has 0 spiro atoms. The minimum atomic E-state index is -0.488. The van der Waals surface area contributed by atoms with Crippen molar-refractivity contribution in [2.45, 2.75) is 64.2 Å². The third kappa shape index (κ3) is 3.37. The molecule has 0 unspecified atom stereocenters. The largest absolute Gasteiger partial charge is 0.469 e. The molecule has 3 aliphatic rings. The quantitative estimate of drug-likeness (QED) is 0.416. The molecule has 142 valence electrons. The normalized spacial score (nSPS) is 37.9. The van der Waals surface area contributed by atoms with Gasteiger partial charge in [0.05, 0.1) is 20.1 Å². The molecule has 0 N–H and O–H groups in total. The van der Waals surface area contributed by atoms with Crippen molar-refractivity contribution in [2.24, 2.45) is 22.7 Å². The van der Waals surface area contributed by atoms with Crippen LogP contribution in [0.1, 0.15) is 64.2 Å². The van der Waals surface area contributed by atoms with Gasteiger partial charge in [0.1, 0.15) is 12.6 Å². The molecule has 4 atom stereocenters. The molecule has 3 saturated carbocycles. The summed E-state index contributed by atoms with van der Waals surface area (Å²) in [5.41, 5.74) is -0.548. The molecule has 0 saturated heterocycles. The van der Waals surface area contributed by atoms with E-state index in [4.69, 9.17) is 14.2 Å². The van der Waals surface area contributed by atoms with Crippen LogP contribution in [0.5, 0.6) is 0 Å². The molecule has 0 heterocycles. The number of hydrogen-bond acceptors (Lipinski definition) is 5. The predicted molar refractivity (Wildman–Crippen MR) is 92.9 cm³/mol. The molecule has 0 amide bonds. The lowest BCUT2D eigenvalue weighted by Crippen LogP contribution is -2.58. The number of fused-ring (bicyclic) bond motifs is 3. The molecule has 0 radical (unpaired) electrons. The number of Topliss-reactive ketones (excluding diaryl/α,β-unsaturated/α-hetero) is 1. The van der Waals surface area contributed by atoms with Gasteiger partial charge in [-0.2, -0.15) is 0 Å². The van der Waals surface area contributed by atoms with E-state index < -0.39 is 5.41 Å². The summed E-state index contributed by atoms with van der Waals surface area (Å²) in [5.74, 6) is 0.815. The first-order chi connectivity index (χ1) is 12.1. The highest BCUT2D eigenvalue weighted by Gasteiger charge is 2.61. The van der Waals surface area contributed by atoms with Gasteiger partial charge >= 0.3 is 5.97 Å². The Hall–Kier alpha value is -0.940. The zero-order chi connectivity index (χ0) is 17.9. The van der Waals surface area contributed by atoms with Crippen LogP contribution in [0.3, 0.4) is 0 Å². The zero-order valence-corrected chi connectivity index (χ0v) is 15.7. The van der Waals surface area contributed by atoms with Gasteiger partial charge in [0.25, 0.3) is 0 Å². The van der Waals surface area contributed by atoms with Crippen LogP contribution in [0, 0.1) is 22.7 Å². The van der Waals surface area contributed by atoms with Crippen molar-refractivity contribution < 1.29 is 23.8 Å². The van der Waals surface area contributed by atoms with E-state index in [1.807, 2.05) is 0 Å². The van der Waals surface area contributed by atoms with Gasteiger partial charge in [-0.3, -0.25) is 9.59 Å². The maximum absolute atomic E-state index is 13.4. The van der Waals surface area contributed by atoms with Gasteiger partial charge in [-0.05, 0) is 37.5 Å². The monoisotopic (exact) mass is 352 g/mol. The maximum atomic E-state index is 13.4. The number of methoxy groups -OCH3 is 2. The number of ether oxygens (including phenoxy) is 3. The summed E-state index contributed by atoms with van der Waals surface area (Å²) < 4.78 is 15.8. The van der Waals surface area contributed by atoms with Crippen LogP contribution in [0.25, 0.3) is 0 Å². The molecule has 0 aromatic rings. The summed E-state index contributed by atoms with van der Waals surface area (Å²) in [5, 5.41) is 0. The third-order valence-electron chi connectivity index (χ3n) is 7.16. The van der Waals surface area contributed by atoms with Gasteiger partial charge in [0.15, 0.2) is 0 Å². The third-order valence-corrected chi connectivity index (χ3v) is 7.16. The van der Waals surface area contributed by atoms with Gasteiger partial charge < -0.3 is 14.2 Å². The number of ketones is 1. The van der Waals surface area contributed by atoms with E-state index in [0.717, 1.165) is 44.9 Å². The lowest BCUT2D eigenvalue weighted by Gasteiger charge is -2.59. The number of hydrogen-bond donors (Lipinski definition) is 0. The predicted octanol–water partition coefficient (Wildman–Crippen LogP) is 3.50. The Morgan fingerprint density at radius 2 is 1.80 bits per heavy atom. The van der Waals surface area contributed by atoms with Gasteiger partial charge in [-0.1, -0.05) is 25.7 Å². The zero-order valence-electron chi connectivity index (χ0n) is 15.7. The molecular weight excluding hydrogens is 320 g/mol. The fourth-order valence-electron chi connectivity index (χ4n) is 6.08. The van der Waals surface area contributed by atoms with E-state index in [9.17, 15) is 9.59 Å². The molecule has 3 fully saturated rings. The molecule has 5 nitrogen and oxygen atoms in total. The molecule has 0 aliphatic heterocycles. The van der Waals surface area contributed by atoms with E-state index >= 15 is 0 Å². The topological polar surface area (TPSA) is 61.8 Å². The summed E-state index contributed by atoms with van der Waals surface area (Å²) in [6, 6.07) is 0. The molecule has 3 aliphatic carbocycles. The second-order valence-corrected chi connectivity index (χ2v) is 8.33. The maximum Gasteiger partial charge on any atom is 0.306 e. The van der Waals surface area contributed by atoms with Gasteiger partial charge in [-0.25, -0.2) is 0 Å². The van der Waals surface area contributed by atoms with Crippen molar-refractivity contribution in [2.75, 3.05) is 27.6 Å². The van der Waals surface area contributed by atoms with Gasteiger partial charge in [0, 0.05) is 24.4 Å². The average Bonchev–Trinajstić information content (AvgIpc) is 2.62. The highest BCUT2D eigenvalue weighted by Crippen LogP contribution is 2.62. The lowest BCUT2D eigenvalue weighted by atomic mass is 9.44. The standard InChI is InChI=1S/C20H32O5/c1-23-14-25-13-19-9-5-3-7-15(19)16-8-4-6-10-20(16,17(21)11-19)12-18(22)24-2/h15-16H,3-14H2,1-2H3/t15-,16+,19-,20-/m1/s1. The van der Waals surface area contributed by atoms with Crippen molar-refractivity contribution in [1.82, 2.24) is 0 Å². The Morgan fingerprint density at radius 1 is 1.08 bits per heavy atom. The first kappa shape index (κ1) is 18.8. The Kier molecular flexibility index (Phi) is 5.84. The summed E-state index contributed by atoms with van der Waals surface area (Å²) in [6.07, 6.45) is 9.50. The van der Waals surface area contributed by atoms with Crippen LogP contribution in [-0.4, -0.2) is 39.4 Å². The van der Waals surface area contributed by atoms with Crippen molar-refractivity contribution in [3.63, 3.8) is 0 Å². The van der Waals surface area contributed by atoms with Gasteiger partial charge in [-0.15, -0.1) is 0 Å². The van der Waals surface area contributed by atoms with Crippen molar-refractivity contribution in [3.05, 3.63) is 0 Å². The second-order valence-electron chi connectivity index (χ2n) is 8.33. The molecule has 25 heavy (non-hydrogen) atoms. The fourth-order valence-corrected chi connectivity index (χ4v) is 6.08. The average molecular weight is 352 g/mol. The summed E-state index contributed by atoms with van der Waals surface area (Å²) >= 11 is 0. The highest BCUT2D eigenvalue weighted by atomic mass is 16.7. The van der Waals surface area contributed by atoms with E-state index in [1.165, 1.54) is 13.5 Å². The van der Waals surface area contributed by atoms with Crippen LogP contribution >= 0.6 is 0 Å². The summed E-state index contributed by atoms with van der Waals surface area (Å²) in [7, 11) is 3.05. The smallest absolute Gasteiger partial charge is 0.306 e. The SMILES string of the molecule is COCOC[C@]12CCCC[C@@H]1[C@@H]1CCCC[C@]1(CC(=O)OC)C(=O)C2. The van der Waals surface area contributed by atoms with E-state index in [-0.39, 0.29) is 30.4 Å². The molecule has 3 rings (SSSR count). The first-order valence-corrected chi connectivity index (χ1v) is 9.75. The van der Waals surface area contributed by atoms with E-state index in [2.05, 4.69) is 0 Å². The van der Waals surface area contributed by atoms with Crippen LogP contribution in [0.4, 0.5) is 0 Å². The Morgan fingerprint density at radius 3 is 2.52 bits per heavy atom. The van der Waals surface area contributed by atoms with E-state index in [0.29, 0.717) is 24.9 Å². The Bertz CT molecular complexity index is 504. The lowest BCUT2D eigenvalue weighted by molar-refractivity contribution is -0.177. The molecule has 5 heteroatoms. The highest BCUT2D eigenvalue weighted by molar-refractivity contribution is 5.91. The number of esters is 1.